The van der Waals surface area contributed by atoms with Gasteiger partial charge in [0.15, 0.2) is 5.82 Å². The molecule has 96 valence electrons. The summed E-state index contributed by atoms with van der Waals surface area (Å²) in [5, 5.41) is 6.84. The van der Waals surface area contributed by atoms with E-state index in [1.165, 1.54) is 0 Å². The lowest BCUT2D eigenvalue weighted by Crippen LogP contribution is -2.08. The summed E-state index contributed by atoms with van der Waals surface area (Å²) in [6.45, 7) is 5.42. The topological polar surface area (TPSA) is 68.9 Å². The van der Waals surface area contributed by atoms with Crippen LogP contribution in [0.25, 0.3) is 0 Å². The van der Waals surface area contributed by atoms with E-state index < -0.39 is 0 Å². The number of ketones is 1. The van der Waals surface area contributed by atoms with Gasteiger partial charge in [-0.3, -0.25) is 4.79 Å². The van der Waals surface area contributed by atoms with E-state index in [4.69, 9.17) is 4.52 Å². The molecule has 1 unspecified atom stereocenters. The van der Waals surface area contributed by atoms with Crippen molar-refractivity contribution in [2.75, 3.05) is 0 Å². The van der Waals surface area contributed by atoms with Gasteiger partial charge in [0.2, 0.25) is 5.89 Å². The Morgan fingerprint density at radius 1 is 1.50 bits per heavy atom. The maximum absolute atomic E-state index is 11.4. The summed E-state index contributed by atoms with van der Waals surface area (Å²) >= 11 is 1.57. The zero-order chi connectivity index (χ0) is 13.1. The minimum atomic E-state index is -0.288. The van der Waals surface area contributed by atoms with Crippen molar-refractivity contribution in [1.29, 1.82) is 0 Å². The molecule has 6 heteroatoms. The van der Waals surface area contributed by atoms with Gasteiger partial charge in [0.1, 0.15) is 10.8 Å². The number of hydrogen-bond donors (Lipinski definition) is 0. The molecule has 0 aromatic carbocycles. The molecule has 5 nitrogen and oxygen atoms in total. The van der Waals surface area contributed by atoms with Crippen molar-refractivity contribution in [3.63, 3.8) is 0 Å². The summed E-state index contributed by atoms with van der Waals surface area (Å²) in [6.07, 6.45) is 1.23. The summed E-state index contributed by atoms with van der Waals surface area (Å²) in [7, 11) is 0. The Kier molecular flexibility index (Phi) is 3.86. The predicted octanol–water partition coefficient (Wildman–Crippen LogP) is 2.51. The van der Waals surface area contributed by atoms with Crippen LogP contribution in [0, 0.1) is 6.92 Å². The number of Topliss-reactive ketones (excluding diaryl/α,β-unsaturated/α-hetero) is 1. The predicted molar refractivity (Wildman–Crippen MR) is 67.7 cm³/mol. The Balaban J connectivity index is 2.12. The van der Waals surface area contributed by atoms with Gasteiger partial charge in [-0.1, -0.05) is 12.1 Å². The first-order valence-electron chi connectivity index (χ1n) is 5.84. The van der Waals surface area contributed by atoms with Crippen molar-refractivity contribution >= 4 is 17.1 Å². The van der Waals surface area contributed by atoms with Gasteiger partial charge in [-0.05, 0) is 20.3 Å². The van der Waals surface area contributed by atoms with E-state index in [0.717, 1.165) is 10.7 Å². The number of carbonyl (C=O) groups excluding carboxylic acids is 1. The van der Waals surface area contributed by atoms with E-state index in [0.29, 0.717) is 24.6 Å². The fourth-order valence-corrected chi connectivity index (χ4v) is 2.50. The molecule has 0 amide bonds. The third-order valence-electron chi connectivity index (χ3n) is 2.66. The molecule has 1 atom stereocenters. The monoisotopic (exact) mass is 265 g/mol. The third-order valence-corrected chi connectivity index (χ3v) is 3.62. The van der Waals surface area contributed by atoms with Gasteiger partial charge in [-0.15, -0.1) is 11.3 Å². The van der Waals surface area contributed by atoms with E-state index in [-0.39, 0.29) is 11.7 Å². The normalized spacial score (nSPS) is 12.6. The van der Waals surface area contributed by atoms with Gasteiger partial charge >= 0.3 is 0 Å². The molecule has 0 aliphatic rings. The Morgan fingerprint density at radius 3 is 2.83 bits per heavy atom. The van der Waals surface area contributed by atoms with Gasteiger partial charge < -0.3 is 4.52 Å². The highest BCUT2D eigenvalue weighted by Gasteiger charge is 2.21. The van der Waals surface area contributed by atoms with Crippen molar-refractivity contribution in [2.45, 2.75) is 39.5 Å². The third kappa shape index (κ3) is 2.81. The van der Waals surface area contributed by atoms with Crippen LogP contribution in [-0.2, 0) is 11.2 Å². The van der Waals surface area contributed by atoms with Gasteiger partial charge in [0.25, 0.3) is 0 Å². The molecular formula is C12H15N3O2S. The van der Waals surface area contributed by atoms with Gasteiger partial charge in [0, 0.05) is 11.1 Å². The van der Waals surface area contributed by atoms with Crippen LogP contribution >= 0.6 is 11.3 Å². The number of carbonyl (C=O) groups is 1. The summed E-state index contributed by atoms with van der Waals surface area (Å²) < 4.78 is 5.15. The number of hydrogen-bond acceptors (Lipinski definition) is 6. The van der Waals surface area contributed by atoms with Crippen LogP contribution in [0.3, 0.4) is 0 Å². The second-order valence-electron chi connectivity index (χ2n) is 4.18. The molecule has 0 fully saturated rings. The lowest BCUT2D eigenvalue weighted by atomic mass is 10.0. The van der Waals surface area contributed by atoms with Gasteiger partial charge in [-0.2, -0.15) is 4.98 Å². The van der Waals surface area contributed by atoms with Crippen molar-refractivity contribution in [2.24, 2.45) is 0 Å². The lowest BCUT2D eigenvalue weighted by molar-refractivity contribution is -0.119. The molecule has 2 aromatic heterocycles. The van der Waals surface area contributed by atoms with Crippen LogP contribution < -0.4 is 0 Å². The van der Waals surface area contributed by atoms with Crippen molar-refractivity contribution in [3.8, 4) is 0 Å². The first-order valence-corrected chi connectivity index (χ1v) is 6.72. The second-order valence-corrected chi connectivity index (χ2v) is 5.12. The molecule has 0 spiro atoms. The number of aryl methyl sites for hydroxylation is 1. The molecule has 0 saturated carbocycles. The average Bonchev–Trinajstić information content (AvgIpc) is 2.90. The largest absolute Gasteiger partial charge is 0.339 e. The fourth-order valence-electron chi connectivity index (χ4n) is 1.74. The first kappa shape index (κ1) is 12.9. The van der Waals surface area contributed by atoms with Gasteiger partial charge in [-0.25, -0.2) is 4.98 Å². The molecule has 0 aliphatic heterocycles. The van der Waals surface area contributed by atoms with Crippen LogP contribution in [0.15, 0.2) is 9.90 Å². The molecule has 0 saturated heterocycles. The molecule has 0 N–H and O–H groups in total. The summed E-state index contributed by atoms with van der Waals surface area (Å²) in [5.41, 5.74) is 0.994. The highest BCUT2D eigenvalue weighted by atomic mass is 32.1. The van der Waals surface area contributed by atoms with Crippen LogP contribution in [0.5, 0.6) is 0 Å². The molecule has 0 radical (unpaired) electrons. The molecule has 0 bridgehead atoms. The highest BCUT2D eigenvalue weighted by Crippen LogP contribution is 2.20. The van der Waals surface area contributed by atoms with Crippen molar-refractivity contribution < 1.29 is 9.32 Å². The lowest BCUT2D eigenvalue weighted by Gasteiger charge is -2.03. The molecule has 2 heterocycles. The minimum absolute atomic E-state index is 0.0535. The van der Waals surface area contributed by atoms with Crippen LogP contribution in [0.2, 0.25) is 0 Å². The number of rotatable bonds is 5. The molecule has 2 aromatic rings. The summed E-state index contributed by atoms with van der Waals surface area (Å²) in [6, 6.07) is 0. The van der Waals surface area contributed by atoms with Gasteiger partial charge in [0.05, 0.1) is 12.3 Å². The Bertz CT molecular complexity index is 547. The standard InChI is InChI=1S/C12H15N3O2S/c1-4-9(8(3)16)12-14-10(15-17-12)5-11-13-7(2)6-18-11/h6,9H,4-5H2,1-3H3. The zero-order valence-electron chi connectivity index (χ0n) is 10.6. The molecular weight excluding hydrogens is 250 g/mol. The van der Waals surface area contributed by atoms with Crippen molar-refractivity contribution in [3.05, 3.63) is 27.8 Å². The molecule has 2 rings (SSSR count). The maximum Gasteiger partial charge on any atom is 0.237 e. The summed E-state index contributed by atoms with van der Waals surface area (Å²) in [5.74, 6) is 0.759. The first-order chi connectivity index (χ1) is 8.60. The zero-order valence-corrected chi connectivity index (χ0v) is 11.5. The molecule has 0 aliphatic carbocycles. The number of nitrogens with zero attached hydrogens (tertiary/aromatic N) is 3. The maximum atomic E-state index is 11.4. The SMILES string of the molecule is CCC(C(C)=O)c1nc(Cc2nc(C)cs2)no1. The van der Waals surface area contributed by atoms with E-state index in [2.05, 4.69) is 15.1 Å². The molecule has 18 heavy (non-hydrogen) atoms. The summed E-state index contributed by atoms with van der Waals surface area (Å²) in [4.78, 5) is 20.0. The minimum Gasteiger partial charge on any atom is -0.339 e. The highest BCUT2D eigenvalue weighted by molar-refractivity contribution is 7.09. The smallest absolute Gasteiger partial charge is 0.237 e. The Labute approximate surface area is 109 Å². The van der Waals surface area contributed by atoms with Crippen molar-refractivity contribution in [1.82, 2.24) is 15.1 Å². The quantitative estimate of drug-likeness (QED) is 0.830. The van der Waals surface area contributed by atoms with Crippen LogP contribution in [0.1, 0.15) is 48.6 Å². The van der Waals surface area contributed by atoms with E-state index in [1.807, 2.05) is 19.2 Å². The Morgan fingerprint density at radius 2 is 2.28 bits per heavy atom. The number of thiazole rings is 1. The van der Waals surface area contributed by atoms with Crippen LogP contribution in [0.4, 0.5) is 0 Å². The second kappa shape index (κ2) is 5.39. The fraction of sp³-hybridized carbons (Fsp3) is 0.500. The number of aromatic nitrogens is 3. The van der Waals surface area contributed by atoms with E-state index in [9.17, 15) is 4.79 Å². The van der Waals surface area contributed by atoms with E-state index in [1.54, 1.807) is 18.3 Å². The Hall–Kier alpha value is -1.56. The van der Waals surface area contributed by atoms with Crippen LogP contribution in [-0.4, -0.2) is 20.9 Å². The van der Waals surface area contributed by atoms with E-state index >= 15 is 0 Å². The average molecular weight is 265 g/mol.